The lowest BCUT2D eigenvalue weighted by atomic mass is 9.86. The number of likely N-dealkylation sites (N-methyl/N-ethyl adjacent to an activating group) is 1. The quantitative estimate of drug-likeness (QED) is 0.866. The summed E-state index contributed by atoms with van der Waals surface area (Å²) in [4.78, 5) is 14.8. The van der Waals surface area contributed by atoms with Crippen molar-refractivity contribution in [3.8, 4) is 0 Å². The largest absolute Gasteiger partial charge is 0.339 e. The van der Waals surface area contributed by atoms with Crippen LogP contribution in [0.2, 0.25) is 0 Å². The maximum atomic E-state index is 14.0. The van der Waals surface area contributed by atoms with E-state index in [-0.39, 0.29) is 18.3 Å². The Morgan fingerprint density at radius 3 is 2.88 bits per heavy atom. The smallest absolute Gasteiger partial charge is 0.250 e. The second-order valence-corrected chi connectivity index (χ2v) is 7.04. The highest BCUT2D eigenvalue weighted by Gasteiger charge is 2.43. The van der Waals surface area contributed by atoms with E-state index in [0.29, 0.717) is 18.4 Å². The molecule has 0 aliphatic carbocycles. The zero-order chi connectivity index (χ0) is 17.2. The van der Waals surface area contributed by atoms with Crippen LogP contribution in [0.5, 0.6) is 0 Å². The number of halogens is 2. The van der Waals surface area contributed by atoms with E-state index in [0.717, 1.165) is 17.6 Å². The molecule has 0 saturated carbocycles. The molecule has 0 spiro atoms. The van der Waals surface area contributed by atoms with Crippen LogP contribution in [0.15, 0.2) is 41.1 Å². The number of nitrogens with zero attached hydrogens (tertiary/aromatic N) is 3. The molecule has 7 heteroatoms. The van der Waals surface area contributed by atoms with Crippen molar-refractivity contribution in [2.24, 2.45) is 0 Å². The van der Waals surface area contributed by atoms with E-state index >= 15 is 0 Å². The molecule has 0 atom stereocenters. The summed E-state index contributed by atoms with van der Waals surface area (Å²) in [6.07, 6.45) is 4.85. The Morgan fingerprint density at radius 2 is 2.21 bits per heavy atom. The molecule has 1 saturated heterocycles. The first-order valence-electron chi connectivity index (χ1n) is 7.93. The van der Waals surface area contributed by atoms with Crippen LogP contribution in [-0.2, 0) is 16.9 Å². The van der Waals surface area contributed by atoms with E-state index in [1.54, 1.807) is 35.0 Å². The van der Waals surface area contributed by atoms with Crippen molar-refractivity contribution in [1.29, 1.82) is 0 Å². The average molecular weight is 395 g/mol. The molecule has 0 unspecified atom stereocenters. The second-order valence-electron chi connectivity index (χ2n) is 6.13. The van der Waals surface area contributed by atoms with Gasteiger partial charge in [0, 0.05) is 36.0 Å². The third-order valence-electron chi connectivity index (χ3n) is 4.53. The minimum atomic E-state index is -0.702. The highest BCUT2D eigenvalue weighted by atomic mass is 79.9. The minimum absolute atomic E-state index is 0.0351. The van der Waals surface area contributed by atoms with Gasteiger partial charge in [-0.1, -0.05) is 15.9 Å². The van der Waals surface area contributed by atoms with E-state index in [4.69, 9.17) is 0 Å². The number of piperidine rings is 1. The van der Waals surface area contributed by atoms with Crippen LogP contribution in [0.4, 0.5) is 4.39 Å². The van der Waals surface area contributed by atoms with Crippen molar-refractivity contribution in [2.75, 3.05) is 20.1 Å². The van der Waals surface area contributed by atoms with Gasteiger partial charge < -0.3 is 10.2 Å². The van der Waals surface area contributed by atoms with Crippen molar-refractivity contribution in [2.45, 2.75) is 24.9 Å². The molecular weight excluding hydrogens is 375 g/mol. The number of amides is 1. The van der Waals surface area contributed by atoms with Gasteiger partial charge >= 0.3 is 0 Å². The number of hydrogen-bond acceptors (Lipinski definition) is 3. The highest BCUT2D eigenvalue weighted by Crippen LogP contribution is 2.30. The van der Waals surface area contributed by atoms with Gasteiger partial charge in [-0.3, -0.25) is 9.48 Å². The minimum Gasteiger partial charge on any atom is -0.339 e. The van der Waals surface area contributed by atoms with Gasteiger partial charge in [0.05, 0.1) is 0 Å². The first-order valence-corrected chi connectivity index (χ1v) is 8.72. The normalized spacial score (nSPS) is 16.8. The van der Waals surface area contributed by atoms with Crippen molar-refractivity contribution in [1.82, 2.24) is 20.0 Å². The van der Waals surface area contributed by atoms with Gasteiger partial charge in [0.15, 0.2) is 0 Å². The lowest BCUT2D eigenvalue weighted by Gasteiger charge is -2.39. The lowest BCUT2D eigenvalue weighted by Crippen LogP contribution is -2.54. The number of nitrogens with one attached hydrogen (secondary N) is 1. The predicted octanol–water partition coefficient (Wildman–Crippen LogP) is 2.52. The Labute approximate surface area is 149 Å². The maximum Gasteiger partial charge on any atom is 0.250 e. The van der Waals surface area contributed by atoms with Crippen LogP contribution in [0, 0.1) is 5.82 Å². The number of hydrogen-bond donors (Lipinski definition) is 1. The van der Waals surface area contributed by atoms with E-state index < -0.39 is 5.54 Å². The van der Waals surface area contributed by atoms with E-state index in [1.165, 1.54) is 6.07 Å². The van der Waals surface area contributed by atoms with E-state index in [1.807, 2.05) is 12.3 Å². The van der Waals surface area contributed by atoms with Crippen LogP contribution >= 0.6 is 15.9 Å². The molecule has 1 aromatic heterocycles. The molecule has 1 fully saturated rings. The van der Waals surface area contributed by atoms with Gasteiger partial charge in [0.2, 0.25) is 0 Å². The molecule has 24 heavy (non-hydrogen) atoms. The SMILES string of the molecule is CN(Cc1cc(Br)ccc1F)C(=O)C1(n2cccn2)CCNCC1. The molecule has 1 amide bonds. The molecule has 2 heterocycles. The summed E-state index contributed by atoms with van der Waals surface area (Å²) in [6, 6.07) is 6.59. The number of aromatic nitrogens is 2. The zero-order valence-corrected chi connectivity index (χ0v) is 15.1. The number of carbonyl (C=O) groups excluding carboxylic acids is 1. The van der Waals surface area contributed by atoms with Gasteiger partial charge in [0.1, 0.15) is 11.4 Å². The molecule has 128 valence electrons. The van der Waals surface area contributed by atoms with Crippen LogP contribution in [-0.4, -0.2) is 40.7 Å². The molecule has 2 aromatic rings. The van der Waals surface area contributed by atoms with Crippen LogP contribution in [0.1, 0.15) is 18.4 Å². The Balaban J connectivity index is 1.86. The fourth-order valence-electron chi connectivity index (χ4n) is 3.25. The summed E-state index contributed by atoms with van der Waals surface area (Å²) < 4.78 is 16.6. The van der Waals surface area contributed by atoms with Crippen LogP contribution in [0.3, 0.4) is 0 Å². The fourth-order valence-corrected chi connectivity index (χ4v) is 3.66. The van der Waals surface area contributed by atoms with Gasteiger partial charge in [-0.05, 0) is 50.2 Å². The van der Waals surface area contributed by atoms with Crippen molar-refractivity contribution < 1.29 is 9.18 Å². The summed E-state index contributed by atoms with van der Waals surface area (Å²) in [5.74, 6) is -0.344. The van der Waals surface area contributed by atoms with Gasteiger partial charge in [-0.25, -0.2) is 4.39 Å². The Hall–Kier alpha value is -1.73. The van der Waals surface area contributed by atoms with Crippen molar-refractivity contribution in [3.05, 3.63) is 52.5 Å². The summed E-state index contributed by atoms with van der Waals surface area (Å²) in [5.41, 5.74) is -0.212. The van der Waals surface area contributed by atoms with Gasteiger partial charge in [-0.2, -0.15) is 5.10 Å². The van der Waals surface area contributed by atoms with Crippen LogP contribution < -0.4 is 5.32 Å². The fraction of sp³-hybridized carbons (Fsp3) is 0.412. The predicted molar refractivity (Wildman–Crippen MR) is 92.9 cm³/mol. The number of carbonyl (C=O) groups is 1. The van der Waals surface area contributed by atoms with Crippen LogP contribution in [0.25, 0.3) is 0 Å². The summed E-state index contributed by atoms with van der Waals surface area (Å²) >= 11 is 3.35. The summed E-state index contributed by atoms with van der Waals surface area (Å²) in [5, 5.41) is 7.60. The van der Waals surface area contributed by atoms with Gasteiger partial charge in [-0.15, -0.1) is 0 Å². The Bertz CT molecular complexity index is 713. The van der Waals surface area contributed by atoms with Gasteiger partial charge in [0.25, 0.3) is 5.91 Å². The first kappa shape index (κ1) is 17.1. The lowest BCUT2D eigenvalue weighted by molar-refractivity contribution is -0.142. The second kappa shape index (κ2) is 7.03. The Morgan fingerprint density at radius 1 is 1.46 bits per heavy atom. The van der Waals surface area contributed by atoms with E-state index in [2.05, 4.69) is 26.3 Å². The molecule has 1 aliphatic rings. The molecule has 5 nitrogen and oxygen atoms in total. The third kappa shape index (κ3) is 3.23. The molecule has 1 aliphatic heterocycles. The average Bonchev–Trinajstić information content (AvgIpc) is 3.13. The molecule has 1 aromatic carbocycles. The molecule has 0 radical (unpaired) electrons. The third-order valence-corrected chi connectivity index (χ3v) is 5.03. The highest BCUT2D eigenvalue weighted by molar-refractivity contribution is 9.10. The molecule has 1 N–H and O–H groups in total. The standard InChI is InChI=1S/C17H20BrFN4O/c1-22(12-13-11-14(18)3-4-15(13)19)16(24)17(5-8-20-9-6-17)23-10-2-7-21-23/h2-4,7,10-11,20H,5-6,8-9,12H2,1H3. The summed E-state index contributed by atoms with van der Waals surface area (Å²) in [7, 11) is 1.72. The van der Waals surface area contributed by atoms with E-state index in [9.17, 15) is 9.18 Å². The molecular formula is C17H20BrFN4O. The monoisotopic (exact) mass is 394 g/mol. The van der Waals surface area contributed by atoms with Crippen molar-refractivity contribution in [3.63, 3.8) is 0 Å². The summed E-state index contributed by atoms with van der Waals surface area (Å²) in [6.45, 7) is 1.73. The Kier molecular flexibility index (Phi) is 5.01. The molecule has 3 rings (SSSR count). The van der Waals surface area contributed by atoms with Crippen molar-refractivity contribution >= 4 is 21.8 Å². The number of benzene rings is 1. The maximum absolute atomic E-state index is 14.0. The number of rotatable bonds is 4. The first-order chi connectivity index (χ1) is 11.5. The zero-order valence-electron chi connectivity index (χ0n) is 13.5. The molecule has 0 bridgehead atoms. The topological polar surface area (TPSA) is 50.2 Å².